The molecule has 15 heavy (non-hydrogen) atoms. The molecule has 0 spiro atoms. The first-order valence-electron chi connectivity index (χ1n) is 4.72. The summed E-state index contributed by atoms with van der Waals surface area (Å²) in [4.78, 5) is 10.8. The molecule has 0 aliphatic carbocycles. The quantitative estimate of drug-likeness (QED) is 0.587. The molecule has 0 aromatic heterocycles. The highest BCUT2D eigenvalue weighted by Crippen LogP contribution is 2.14. The molecular formula is C11H14N2O2. The molecule has 0 bridgehead atoms. The van der Waals surface area contributed by atoms with Crippen LogP contribution in [0.1, 0.15) is 24.2 Å². The summed E-state index contributed by atoms with van der Waals surface area (Å²) in [6.07, 6.45) is 1.72. The summed E-state index contributed by atoms with van der Waals surface area (Å²) in [5.41, 5.74) is 3.44. The summed E-state index contributed by atoms with van der Waals surface area (Å²) in [5.74, 6) is -0.632. The Morgan fingerprint density at radius 3 is 2.73 bits per heavy atom. The molecule has 4 heteroatoms. The van der Waals surface area contributed by atoms with E-state index in [9.17, 15) is 4.79 Å². The average molecular weight is 206 g/mol. The van der Waals surface area contributed by atoms with Gasteiger partial charge in [-0.1, -0.05) is 26.0 Å². The van der Waals surface area contributed by atoms with Gasteiger partial charge in [0.05, 0.1) is 11.3 Å². The van der Waals surface area contributed by atoms with Crippen molar-refractivity contribution in [3.63, 3.8) is 0 Å². The number of carbonyl (C=O) groups is 1. The molecule has 1 rings (SSSR count). The smallest absolute Gasteiger partial charge is 0.337 e. The van der Waals surface area contributed by atoms with Gasteiger partial charge in [0.15, 0.2) is 0 Å². The van der Waals surface area contributed by atoms with Crippen LogP contribution < -0.4 is 5.43 Å². The van der Waals surface area contributed by atoms with Crippen molar-refractivity contribution < 1.29 is 9.90 Å². The third-order valence-electron chi connectivity index (χ3n) is 1.72. The number of aromatic carboxylic acids is 1. The van der Waals surface area contributed by atoms with Gasteiger partial charge < -0.3 is 5.11 Å². The predicted molar refractivity (Wildman–Crippen MR) is 60.4 cm³/mol. The molecule has 4 nitrogen and oxygen atoms in total. The lowest BCUT2D eigenvalue weighted by Gasteiger charge is -2.04. The van der Waals surface area contributed by atoms with Crippen molar-refractivity contribution in [2.24, 2.45) is 11.0 Å². The van der Waals surface area contributed by atoms with Crippen LogP contribution in [0.5, 0.6) is 0 Å². The third kappa shape index (κ3) is 3.42. The van der Waals surface area contributed by atoms with E-state index in [2.05, 4.69) is 10.5 Å². The largest absolute Gasteiger partial charge is 0.478 e. The third-order valence-corrected chi connectivity index (χ3v) is 1.72. The second-order valence-electron chi connectivity index (χ2n) is 3.48. The molecule has 0 amide bonds. The van der Waals surface area contributed by atoms with E-state index in [0.29, 0.717) is 11.6 Å². The second-order valence-corrected chi connectivity index (χ2v) is 3.48. The van der Waals surface area contributed by atoms with E-state index < -0.39 is 5.97 Å². The zero-order valence-electron chi connectivity index (χ0n) is 8.77. The van der Waals surface area contributed by atoms with Crippen LogP contribution in [0.25, 0.3) is 0 Å². The number of hydrazone groups is 1. The molecule has 2 N–H and O–H groups in total. The lowest BCUT2D eigenvalue weighted by atomic mass is 10.2. The Bertz CT molecular complexity index is 373. The Morgan fingerprint density at radius 2 is 2.13 bits per heavy atom. The molecule has 0 atom stereocenters. The highest BCUT2D eigenvalue weighted by molar-refractivity contribution is 5.94. The van der Waals surface area contributed by atoms with Crippen molar-refractivity contribution in [2.45, 2.75) is 13.8 Å². The molecule has 0 saturated carbocycles. The van der Waals surface area contributed by atoms with Crippen molar-refractivity contribution in [2.75, 3.05) is 5.43 Å². The lowest BCUT2D eigenvalue weighted by molar-refractivity contribution is 0.0698. The number of benzene rings is 1. The normalized spacial score (nSPS) is 10.9. The highest BCUT2D eigenvalue weighted by Gasteiger charge is 2.07. The molecule has 0 fully saturated rings. The van der Waals surface area contributed by atoms with Crippen molar-refractivity contribution in [3.8, 4) is 0 Å². The molecule has 1 aromatic rings. The van der Waals surface area contributed by atoms with Crippen molar-refractivity contribution in [3.05, 3.63) is 29.8 Å². The van der Waals surface area contributed by atoms with E-state index in [-0.39, 0.29) is 5.56 Å². The molecule has 0 saturated heterocycles. The van der Waals surface area contributed by atoms with Gasteiger partial charge in [-0.05, 0) is 18.1 Å². The second kappa shape index (κ2) is 5.14. The van der Waals surface area contributed by atoms with Crippen molar-refractivity contribution >= 4 is 17.9 Å². The average Bonchev–Trinajstić information content (AvgIpc) is 2.17. The van der Waals surface area contributed by atoms with Crippen LogP contribution >= 0.6 is 0 Å². The van der Waals surface area contributed by atoms with Gasteiger partial charge in [-0.15, -0.1) is 0 Å². The van der Waals surface area contributed by atoms with E-state index in [0.717, 1.165) is 0 Å². The predicted octanol–water partition coefficient (Wildman–Crippen LogP) is 2.44. The molecule has 80 valence electrons. The van der Waals surface area contributed by atoms with Crippen molar-refractivity contribution in [1.29, 1.82) is 0 Å². The van der Waals surface area contributed by atoms with Crippen LogP contribution in [0.15, 0.2) is 29.4 Å². The van der Waals surface area contributed by atoms with E-state index in [1.54, 1.807) is 24.4 Å². The Hall–Kier alpha value is -1.84. The minimum Gasteiger partial charge on any atom is -0.478 e. The SMILES string of the molecule is CC(C)C=NNc1ccccc1C(=O)O. The monoisotopic (exact) mass is 206 g/mol. The van der Waals surface area contributed by atoms with Gasteiger partial charge >= 0.3 is 5.97 Å². The van der Waals surface area contributed by atoms with Gasteiger partial charge in [-0.2, -0.15) is 5.10 Å². The Kier molecular flexibility index (Phi) is 3.85. The van der Waals surface area contributed by atoms with Crippen LogP contribution in [0.4, 0.5) is 5.69 Å². The number of nitrogens with one attached hydrogen (secondary N) is 1. The van der Waals surface area contributed by atoms with Gasteiger partial charge in [0, 0.05) is 6.21 Å². The molecular weight excluding hydrogens is 192 g/mol. The highest BCUT2D eigenvalue weighted by atomic mass is 16.4. The maximum atomic E-state index is 10.8. The van der Waals surface area contributed by atoms with E-state index in [1.807, 2.05) is 13.8 Å². The molecule has 0 unspecified atom stereocenters. The summed E-state index contributed by atoms with van der Waals surface area (Å²) < 4.78 is 0. The van der Waals surface area contributed by atoms with E-state index in [4.69, 9.17) is 5.11 Å². The first kappa shape index (κ1) is 11.2. The number of carboxylic acid groups (broad SMARTS) is 1. The molecule has 0 aliphatic heterocycles. The summed E-state index contributed by atoms with van der Waals surface area (Å²) >= 11 is 0. The van der Waals surface area contributed by atoms with Crippen LogP contribution in [0.2, 0.25) is 0 Å². The van der Waals surface area contributed by atoms with Crippen LogP contribution in [0, 0.1) is 5.92 Å². The van der Waals surface area contributed by atoms with Gasteiger partial charge in [0.25, 0.3) is 0 Å². The minimum atomic E-state index is -0.960. The minimum absolute atomic E-state index is 0.221. The maximum absolute atomic E-state index is 10.8. The fourth-order valence-corrected chi connectivity index (χ4v) is 1.02. The topological polar surface area (TPSA) is 61.7 Å². The number of rotatable bonds is 4. The first-order chi connectivity index (χ1) is 7.11. The number of hydrogen-bond acceptors (Lipinski definition) is 3. The maximum Gasteiger partial charge on any atom is 0.337 e. The number of para-hydroxylation sites is 1. The Morgan fingerprint density at radius 1 is 1.47 bits per heavy atom. The first-order valence-corrected chi connectivity index (χ1v) is 4.72. The van der Waals surface area contributed by atoms with Crippen LogP contribution in [-0.2, 0) is 0 Å². The lowest BCUT2D eigenvalue weighted by Crippen LogP contribution is -2.02. The van der Waals surface area contributed by atoms with Crippen molar-refractivity contribution in [1.82, 2.24) is 0 Å². The van der Waals surface area contributed by atoms with Gasteiger partial charge in [-0.3, -0.25) is 5.43 Å². The van der Waals surface area contributed by atoms with Gasteiger partial charge in [0.2, 0.25) is 0 Å². The number of hydrogen-bond donors (Lipinski definition) is 2. The van der Waals surface area contributed by atoms with Gasteiger partial charge in [-0.25, -0.2) is 4.79 Å². The molecule has 0 heterocycles. The number of nitrogens with zero attached hydrogens (tertiary/aromatic N) is 1. The molecule has 1 aromatic carbocycles. The zero-order valence-corrected chi connectivity index (χ0v) is 8.77. The Labute approximate surface area is 88.6 Å². The fourth-order valence-electron chi connectivity index (χ4n) is 1.02. The molecule has 0 aliphatic rings. The molecule has 0 radical (unpaired) electrons. The summed E-state index contributed by atoms with van der Waals surface area (Å²) in [6, 6.07) is 6.66. The van der Waals surface area contributed by atoms with Crippen LogP contribution in [-0.4, -0.2) is 17.3 Å². The number of anilines is 1. The van der Waals surface area contributed by atoms with Gasteiger partial charge in [0.1, 0.15) is 0 Å². The van der Waals surface area contributed by atoms with E-state index in [1.165, 1.54) is 6.07 Å². The fraction of sp³-hybridized carbons (Fsp3) is 0.273. The summed E-state index contributed by atoms with van der Waals surface area (Å²) in [7, 11) is 0. The standard InChI is InChI=1S/C11H14N2O2/c1-8(2)7-12-13-10-6-4-3-5-9(10)11(14)15/h3-8,13H,1-2H3,(H,14,15). The van der Waals surface area contributed by atoms with Crippen LogP contribution in [0.3, 0.4) is 0 Å². The zero-order chi connectivity index (χ0) is 11.3. The summed E-state index contributed by atoms with van der Waals surface area (Å²) in [6.45, 7) is 3.99. The summed E-state index contributed by atoms with van der Waals surface area (Å²) in [5, 5.41) is 12.8. The Balaban J connectivity index is 2.80. The van der Waals surface area contributed by atoms with E-state index >= 15 is 0 Å². The number of carboxylic acids is 1.